The molecule has 2 nitrogen and oxygen atoms in total. The van der Waals surface area contributed by atoms with Crippen molar-refractivity contribution in [1.29, 1.82) is 5.26 Å². The predicted molar refractivity (Wildman–Crippen MR) is 109 cm³/mol. The van der Waals surface area contributed by atoms with E-state index >= 15 is 0 Å². The molecule has 0 radical (unpaired) electrons. The van der Waals surface area contributed by atoms with Gasteiger partial charge in [0.05, 0.1) is 11.3 Å². The Kier molecular flexibility index (Phi) is 5.47. The molecule has 0 N–H and O–H groups in total. The highest BCUT2D eigenvalue weighted by Crippen LogP contribution is 2.33. The monoisotopic (exact) mass is 408 g/mol. The van der Waals surface area contributed by atoms with Gasteiger partial charge in [-0.05, 0) is 37.1 Å². The minimum atomic E-state index is 0.598. The van der Waals surface area contributed by atoms with Gasteiger partial charge in [0.25, 0.3) is 0 Å². The summed E-state index contributed by atoms with van der Waals surface area (Å²) in [6, 6.07) is 18.6. The van der Waals surface area contributed by atoms with Crippen LogP contribution in [0, 0.1) is 18.3 Å². The van der Waals surface area contributed by atoms with Crippen molar-refractivity contribution in [3.8, 4) is 17.3 Å². The Morgan fingerprint density at radius 2 is 1.84 bits per heavy atom. The first kappa shape index (κ1) is 17.6. The average molecular weight is 409 g/mol. The SMILES string of the molecule is CCc1sc(C(C#N)=Cc2ccc(Br)cc2)nc1-c1ccc(C)cc1. The summed E-state index contributed by atoms with van der Waals surface area (Å²) in [4.78, 5) is 5.99. The highest BCUT2D eigenvalue weighted by Gasteiger charge is 2.14. The number of nitriles is 1. The zero-order valence-corrected chi connectivity index (χ0v) is 16.5. The van der Waals surface area contributed by atoms with E-state index in [1.54, 1.807) is 11.3 Å². The number of rotatable bonds is 4. The lowest BCUT2D eigenvalue weighted by molar-refractivity contribution is 1.17. The van der Waals surface area contributed by atoms with E-state index in [4.69, 9.17) is 4.98 Å². The highest BCUT2D eigenvalue weighted by molar-refractivity contribution is 9.10. The first-order chi connectivity index (χ1) is 12.1. The Balaban J connectivity index is 2.03. The summed E-state index contributed by atoms with van der Waals surface area (Å²) in [5.74, 6) is 0. The smallest absolute Gasteiger partial charge is 0.134 e. The molecule has 1 aromatic heterocycles. The molecule has 0 aliphatic rings. The number of aryl methyl sites for hydroxylation is 2. The van der Waals surface area contributed by atoms with Crippen LogP contribution in [0.15, 0.2) is 53.0 Å². The van der Waals surface area contributed by atoms with Gasteiger partial charge in [0.15, 0.2) is 0 Å². The van der Waals surface area contributed by atoms with Crippen molar-refractivity contribution >= 4 is 38.9 Å². The molecule has 4 heteroatoms. The maximum Gasteiger partial charge on any atom is 0.134 e. The Hall–Kier alpha value is -2.22. The minimum Gasteiger partial charge on any atom is -0.235 e. The number of hydrogen-bond acceptors (Lipinski definition) is 3. The fourth-order valence-corrected chi connectivity index (χ4v) is 3.76. The van der Waals surface area contributed by atoms with Gasteiger partial charge in [0.1, 0.15) is 11.1 Å². The molecule has 0 saturated heterocycles. The second-order valence-corrected chi connectivity index (χ2v) is 7.73. The van der Waals surface area contributed by atoms with Crippen LogP contribution in [0.2, 0.25) is 0 Å². The second kappa shape index (κ2) is 7.77. The van der Waals surface area contributed by atoms with Crippen LogP contribution in [0.5, 0.6) is 0 Å². The number of thiazole rings is 1. The van der Waals surface area contributed by atoms with Gasteiger partial charge in [-0.15, -0.1) is 11.3 Å². The molecular weight excluding hydrogens is 392 g/mol. The summed E-state index contributed by atoms with van der Waals surface area (Å²) in [5, 5.41) is 10.4. The van der Waals surface area contributed by atoms with Crippen molar-refractivity contribution in [2.45, 2.75) is 20.3 Å². The molecule has 124 valence electrons. The van der Waals surface area contributed by atoms with Crippen LogP contribution in [0.3, 0.4) is 0 Å². The van der Waals surface area contributed by atoms with Gasteiger partial charge in [-0.25, -0.2) is 4.98 Å². The van der Waals surface area contributed by atoms with Gasteiger partial charge >= 0.3 is 0 Å². The fourth-order valence-electron chi connectivity index (χ4n) is 2.51. The van der Waals surface area contributed by atoms with E-state index in [2.05, 4.69) is 60.1 Å². The van der Waals surface area contributed by atoms with E-state index in [-0.39, 0.29) is 0 Å². The molecule has 0 saturated carbocycles. The maximum absolute atomic E-state index is 9.61. The summed E-state index contributed by atoms with van der Waals surface area (Å²) in [7, 11) is 0. The maximum atomic E-state index is 9.61. The molecule has 0 unspecified atom stereocenters. The Labute approximate surface area is 160 Å². The molecule has 1 heterocycles. The zero-order chi connectivity index (χ0) is 17.8. The number of hydrogen-bond donors (Lipinski definition) is 0. The summed E-state index contributed by atoms with van der Waals surface area (Å²) in [6.45, 7) is 4.20. The first-order valence-electron chi connectivity index (χ1n) is 8.05. The quantitative estimate of drug-likeness (QED) is 0.461. The van der Waals surface area contributed by atoms with Crippen LogP contribution in [0.4, 0.5) is 0 Å². The second-order valence-electron chi connectivity index (χ2n) is 5.73. The highest BCUT2D eigenvalue weighted by atomic mass is 79.9. The van der Waals surface area contributed by atoms with Crippen LogP contribution < -0.4 is 0 Å². The van der Waals surface area contributed by atoms with Crippen molar-refractivity contribution in [3.63, 3.8) is 0 Å². The lowest BCUT2D eigenvalue weighted by Gasteiger charge is -2.00. The standard InChI is InChI=1S/C21H17BrN2S/c1-3-19-20(16-8-4-14(2)5-9-16)24-21(25-19)17(13-23)12-15-6-10-18(22)11-7-15/h4-12H,3H2,1-2H3. The fraction of sp³-hybridized carbons (Fsp3) is 0.143. The number of nitrogens with zero attached hydrogens (tertiary/aromatic N) is 2. The van der Waals surface area contributed by atoms with Crippen LogP contribution in [-0.4, -0.2) is 4.98 Å². The van der Waals surface area contributed by atoms with E-state index in [9.17, 15) is 5.26 Å². The largest absolute Gasteiger partial charge is 0.235 e. The minimum absolute atomic E-state index is 0.598. The molecule has 0 amide bonds. The van der Waals surface area contributed by atoms with Gasteiger partial charge in [-0.3, -0.25) is 0 Å². The topological polar surface area (TPSA) is 36.7 Å². The molecule has 2 aromatic carbocycles. The lowest BCUT2D eigenvalue weighted by Crippen LogP contribution is -1.85. The van der Waals surface area contributed by atoms with Gasteiger partial charge < -0.3 is 0 Å². The van der Waals surface area contributed by atoms with Gasteiger partial charge in [0, 0.05) is 14.9 Å². The van der Waals surface area contributed by atoms with Crippen LogP contribution in [0.25, 0.3) is 22.9 Å². The first-order valence-corrected chi connectivity index (χ1v) is 9.66. The summed E-state index contributed by atoms with van der Waals surface area (Å²) < 4.78 is 1.02. The van der Waals surface area contributed by atoms with E-state index in [0.29, 0.717) is 5.57 Å². The molecule has 3 aromatic rings. The predicted octanol–water partition coefficient (Wildman–Crippen LogP) is 6.51. The van der Waals surface area contributed by atoms with E-state index in [1.807, 2.05) is 30.3 Å². The molecule has 0 aliphatic heterocycles. The van der Waals surface area contributed by atoms with Crippen molar-refractivity contribution in [1.82, 2.24) is 4.98 Å². The zero-order valence-electron chi connectivity index (χ0n) is 14.1. The van der Waals surface area contributed by atoms with Crippen molar-refractivity contribution in [3.05, 3.63) is 74.0 Å². The third-order valence-corrected chi connectivity index (χ3v) is 5.64. The lowest BCUT2D eigenvalue weighted by atomic mass is 10.1. The van der Waals surface area contributed by atoms with Crippen molar-refractivity contribution in [2.24, 2.45) is 0 Å². The average Bonchev–Trinajstić information content (AvgIpc) is 3.06. The Bertz CT molecular complexity index is 945. The number of halogens is 1. The molecule has 0 aliphatic carbocycles. The van der Waals surface area contributed by atoms with Crippen molar-refractivity contribution < 1.29 is 0 Å². The molecule has 0 bridgehead atoms. The molecule has 0 spiro atoms. The van der Waals surface area contributed by atoms with Gasteiger partial charge in [-0.1, -0.05) is 64.8 Å². The number of benzene rings is 2. The van der Waals surface area contributed by atoms with E-state index in [0.717, 1.165) is 32.7 Å². The normalized spacial score (nSPS) is 11.4. The number of allylic oxidation sites excluding steroid dienone is 1. The Morgan fingerprint density at radius 1 is 1.16 bits per heavy atom. The van der Waals surface area contributed by atoms with Crippen LogP contribution in [-0.2, 0) is 6.42 Å². The summed E-state index contributed by atoms with van der Waals surface area (Å²) >= 11 is 5.03. The molecule has 0 fully saturated rings. The number of aromatic nitrogens is 1. The van der Waals surface area contributed by atoms with Gasteiger partial charge in [-0.2, -0.15) is 5.26 Å². The Morgan fingerprint density at radius 3 is 2.44 bits per heavy atom. The third kappa shape index (κ3) is 4.07. The van der Waals surface area contributed by atoms with E-state index < -0.39 is 0 Å². The molecule has 25 heavy (non-hydrogen) atoms. The van der Waals surface area contributed by atoms with Gasteiger partial charge in [0.2, 0.25) is 0 Å². The summed E-state index contributed by atoms with van der Waals surface area (Å²) in [6.07, 6.45) is 2.79. The van der Waals surface area contributed by atoms with Crippen LogP contribution >= 0.6 is 27.3 Å². The molecule has 3 rings (SSSR count). The van der Waals surface area contributed by atoms with Crippen molar-refractivity contribution in [2.75, 3.05) is 0 Å². The summed E-state index contributed by atoms with van der Waals surface area (Å²) in [5.41, 5.74) is 4.90. The molecule has 0 atom stereocenters. The molecular formula is C21H17BrN2S. The third-order valence-electron chi connectivity index (χ3n) is 3.88. The van der Waals surface area contributed by atoms with Crippen LogP contribution in [0.1, 0.15) is 27.9 Å². The van der Waals surface area contributed by atoms with E-state index in [1.165, 1.54) is 10.4 Å².